The van der Waals surface area contributed by atoms with Crippen LogP contribution in [0.4, 0.5) is 17.1 Å². The Balaban J connectivity index is 1.21. The molecule has 230 valence electrons. The molecule has 2 aliphatic rings. The maximum Gasteiger partial charge on any atom is 0.134 e. The summed E-state index contributed by atoms with van der Waals surface area (Å²) in [5, 5.41) is 2.39. The van der Waals surface area contributed by atoms with E-state index >= 15 is 0 Å². The molecule has 1 aliphatic carbocycles. The normalized spacial score (nSPS) is 15.2. The summed E-state index contributed by atoms with van der Waals surface area (Å²) in [6.07, 6.45) is 0. The monoisotopic (exact) mass is 625 g/mol. The summed E-state index contributed by atoms with van der Waals surface area (Å²) < 4.78 is 6.95. The standard InChI is InChI=1S/C47H31NO/c1-3-13-32(14-4-1)33-25-27-36(28-26-33)48(43-23-11-16-34-15-7-8-19-38(34)43)37-29-30-42-45(31-37)49-44-24-12-21-40-39-20-9-10-22-41(39)47(42,46(40)44)35-17-5-2-6-18-35/h1-31H. The van der Waals surface area contributed by atoms with Gasteiger partial charge in [0.1, 0.15) is 11.5 Å². The van der Waals surface area contributed by atoms with E-state index in [9.17, 15) is 0 Å². The second-order valence-corrected chi connectivity index (χ2v) is 12.9. The highest BCUT2D eigenvalue weighted by Gasteiger charge is 2.51. The first-order valence-electron chi connectivity index (χ1n) is 16.9. The molecule has 0 aromatic heterocycles. The summed E-state index contributed by atoms with van der Waals surface area (Å²) in [7, 11) is 0. The topological polar surface area (TPSA) is 12.5 Å². The van der Waals surface area contributed by atoms with Gasteiger partial charge in [-0.25, -0.2) is 0 Å². The molecule has 8 aromatic rings. The van der Waals surface area contributed by atoms with Crippen molar-refractivity contribution in [3.8, 4) is 33.8 Å². The van der Waals surface area contributed by atoms with Crippen LogP contribution in [-0.2, 0) is 5.41 Å². The van der Waals surface area contributed by atoms with Gasteiger partial charge in [0.15, 0.2) is 0 Å². The summed E-state index contributed by atoms with van der Waals surface area (Å²) in [6, 6.07) is 67.7. The third kappa shape index (κ3) is 4.07. The molecule has 0 saturated carbocycles. The third-order valence-electron chi connectivity index (χ3n) is 10.3. The third-order valence-corrected chi connectivity index (χ3v) is 10.3. The first-order chi connectivity index (χ1) is 24.3. The first-order valence-corrected chi connectivity index (χ1v) is 16.9. The summed E-state index contributed by atoms with van der Waals surface area (Å²) in [4.78, 5) is 2.37. The Labute approximate surface area is 286 Å². The van der Waals surface area contributed by atoms with E-state index in [0.29, 0.717) is 0 Å². The predicted molar refractivity (Wildman–Crippen MR) is 201 cm³/mol. The molecule has 0 fully saturated rings. The first kappa shape index (κ1) is 27.7. The van der Waals surface area contributed by atoms with Gasteiger partial charge in [0.2, 0.25) is 0 Å². The number of hydrogen-bond acceptors (Lipinski definition) is 2. The number of hydrogen-bond donors (Lipinski definition) is 0. The van der Waals surface area contributed by atoms with Gasteiger partial charge < -0.3 is 9.64 Å². The molecule has 2 heteroatoms. The lowest BCUT2D eigenvalue weighted by Crippen LogP contribution is -2.32. The van der Waals surface area contributed by atoms with Crippen LogP contribution < -0.4 is 9.64 Å². The molecule has 1 unspecified atom stereocenters. The van der Waals surface area contributed by atoms with Gasteiger partial charge in [0, 0.05) is 34.0 Å². The zero-order chi connectivity index (χ0) is 32.4. The molecule has 0 radical (unpaired) electrons. The highest BCUT2D eigenvalue weighted by molar-refractivity contribution is 5.99. The summed E-state index contributed by atoms with van der Waals surface area (Å²) in [6.45, 7) is 0. The zero-order valence-electron chi connectivity index (χ0n) is 26.8. The number of fused-ring (bicyclic) bond motifs is 6. The molecule has 0 N–H and O–H groups in total. The summed E-state index contributed by atoms with van der Waals surface area (Å²) >= 11 is 0. The minimum absolute atomic E-state index is 0.489. The molecule has 0 saturated heterocycles. The lowest BCUT2D eigenvalue weighted by Gasteiger charge is -2.39. The Hall–Kier alpha value is -6.38. The van der Waals surface area contributed by atoms with Gasteiger partial charge >= 0.3 is 0 Å². The van der Waals surface area contributed by atoms with E-state index in [4.69, 9.17) is 4.74 Å². The molecule has 10 rings (SSSR count). The van der Waals surface area contributed by atoms with Crippen LogP contribution in [0.5, 0.6) is 11.5 Å². The van der Waals surface area contributed by atoms with Gasteiger partial charge in [-0.1, -0.05) is 152 Å². The molecule has 49 heavy (non-hydrogen) atoms. The van der Waals surface area contributed by atoms with Gasteiger partial charge in [-0.2, -0.15) is 0 Å². The number of anilines is 3. The molecule has 1 aliphatic heterocycles. The fourth-order valence-corrected chi connectivity index (χ4v) is 8.26. The van der Waals surface area contributed by atoms with Crippen LogP contribution in [0.25, 0.3) is 33.0 Å². The maximum atomic E-state index is 6.95. The van der Waals surface area contributed by atoms with Gasteiger partial charge in [-0.15, -0.1) is 0 Å². The Bertz CT molecular complexity index is 2520. The fourth-order valence-electron chi connectivity index (χ4n) is 8.26. The molecule has 0 spiro atoms. The summed E-state index contributed by atoms with van der Waals surface area (Å²) in [5.74, 6) is 1.78. The van der Waals surface area contributed by atoms with E-state index < -0.39 is 5.41 Å². The van der Waals surface area contributed by atoms with Crippen molar-refractivity contribution < 1.29 is 4.74 Å². The van der Waals surface area contributed by atoms with Crippen molar-refractivity contribution in [2.45, 2.75) is 5.41 Å². The SMILES string of the molecule is c1ccc(-c2ccc(N(c3ccc4c(c3)Oc3cccc5c3C4(c3ccccc3)c3ccccc3-5)c3cccc4ccccc34)cc2)cc1. The largest absolute Gasteiger partial charge is 0.457 e. The maximum absolute atomic E-state index is 6.95. The lowest BCUT2D eigenvalue weighted by atomic mass is 9.66. The van der Waals surface area contributed by atoms with Gasteiger partial charge in [-0.05, 0) is 69.1 Å². The Morgan fingerprint density at radius 1 is 0.429 bits per heavy atom. The van der Waals surface area contributed by atoms with Gasteiger partial charge in [0.05, 0.1) is 11.1 Å². The average molecular weight is 626 g/mol. The fraction of sp³-hybridized carbons (Fsp3) is 0.0213. The second-order valence-electron chi connectivity index (χ2n) is 12.9. The van der Waals surface area contributed by atoms with E-state index in [1.165, 1.54) is 49.7 Å². The minimum atomic E-state index is -0.489. The van der Waals surface area contributed by atoms with E-state index in [1.807, 2.05) is 0 Å². The Morgan fingerprint density at radius 3 is 1.94 bits per heavy atom. The molecule has 2 nitrogen and oxygen atoms in total. The molecular formula is C47H31NO. The quantitative estimate of drug-likeness (QED) is 0.189. The molecule has 0 amide bonds. The minimum Gasteiger partial charge on any atom is -0.457 e. The lowest BCUT2D eigenvalue weighted by molar-refractivity contribution is 0.438. The van der Waals surface area contributed by atoms with E-state index in [1.54, 1.807) is 0 Å². The number of ether oxygens (including phenoxy) is 1. The van der Waals surface area contributed by atoms with Crippen molar-refractivity contribution in [1.29, 1.82) is 0 Å². The Kier molecular flexibility index (Phi) is 6.13. The van der Waals surface area contributed by atoms with E-state index in [2.05, 4.69) is 193 Å². The average Bonchev–Trinajstić information content (AvgIpc) is 3.48. The van der Waals surface area contributed by atoms with Crippen LogP contribution in [0, 0.1) is 0 Å². The molecule has 1 heterocycles. The van der Waals surface area contributed by atoms with Crippen LogP contribution in [0.2, 0.25) is 0 Å². The number of nitrogens with zero attached hydrogens (tertiary/aromatic N) is 1. The van der Waals surface area contributed by atoms with Crippen LogP contribution in [-0.4, -0.2) is 0 Å². The zero-order valence-corrected chi connectivity index (χ0v) is 26.8. The van der Waals surface area contributed by atoms with Crippen molar-refractivity contribution in [3.63, 3.8) is 0 Å². The van der Waals surface area contributed by atoms with Gasteiger partial charge in [-0.3, -0.25) is 0 Å². The Morgan fingerprint density at radius 2 is 1.08 bits per heavy atom. The van der Waals surface area contributed by atoms with Gasteiger partial charge in [0.25, 0.3) is 0 Å². The molecule has 1 atom stereocenters. The number of benzene rings is 8. The van der Waals surface area contributed by atoms with Crippen molar-refractivity contribution >= 4 is 27.8 Å². The van der Waals surface area contributed by atoms with Crippen LogP contribution in [0.1, 0.15) is 22.3 Å². The predicted octanol–water partition coefficient (Wildman–Crippen LogP) is 12.4. The van der Waals surface area contributed by atoms with Crippen LogP contribution in [0.3, 0.4) is 0 Å². The molecular weight excluding hydrogens is 595 g/mol. The van der Waals surface area contributed by atoms with Crippen molar-refractivity contribution in [2.24, 2.45) is 0 Å². The summed E-state index contributed by atoms with van der Waals surface area (Å²) in [5.41, 5.74) is 12.6. The highest BCUT2D eigenvalue weighted by Crippen LogP contribution is 2.63. The second kappa shape index (κ2) is 10.8. The van der Waals surface area contributed by atoms with E-state index in [-0.39, 0.29) is 0 Å². The number of rotatable bonds is 5. The smallest absolute Gasteiger partial charge is 0.134 e. The van der Waals surface area contributed by atoms with Crippen LogP contribution in [0.15, 0.2) is 188 Å². The van der Waals surface area contributed by atoms with Crippen molar-refractivity contribution in [3.05, 3.63) is 210 Å². The van der Waals surface area contributed by atoms with Crippen molar-refractivity contribution in [1.82, 2.24) is 0 Å². The molecule has 0 bridgehead atoms. The highest BCUT2D eigenvalue weighted by atomic mass is 16.5. The van der Waals surface area contributed by atoms with E-state index in [0.717, 1.165) is 34.1 Å². The van der Waals surface area contributed by atoms with Crippen LogP contribution >= 0.6 is 0 Å². The van der Waals surface area contributed by atoms with Crippen molar-refractivity contribution in [2.75, 3.05) is 4.90 Å². The molecule has 8 aromatic carbocycles.